The molecule has 0 saturated heterocycles. The first-order valence-electron chi connectivity index (χ1n) is 5.47. The standard InChI is InChI=1S/C14H12Cl2OS/c15-12-5-2-1-4-10(12)9-18-14-7-3-6-13(16)11(14)8-17/h1-7,17H,8-9H2. The van der Waals surface area contributed by atoms with Crippen LogP contribution in [-0.4, -0.2) is 5.11 Å². The molecule has 0 amide bonds. The van der Waals surface area contributed by atoms with Gasteiger partial charge in [-0.05, 0) is 23.8 Å². The molecular weight excluding hydrogens is 287 g/mol. The highest BCUT2D eigenvalue weighted by atomic mass is 35.5. The molecule has 0 atom stereocenters. The number of rotatable bonds is 4. The molecule has 0 aliphatic rings. The number of hydrogen-bond acceptors (Lipinski definition) is 2. The quantitative estimate of drug-likeness (QED) is 0.820. The third-order valence-corrected chi connectivity index (χ3v) is 4.45. The van der Waals surface area contributed by atoms with E-state index in [0.29, 0.717) is 5.02 Å². The first-order valence-corrected chi connectivity index (χ1v) is 7.21. The molecule has 2 aromatic carbocycles. The summed E-state index contributed by atoms with van der Waals surface area (Å²) < 4.78 is 0. The maximum atomic E-state index is 9.33. The molecule has 0 aliphatic heterocycles. The van der Waals surface area contributed by atoms with Crippen molar-refractivity contribution in [3.63, 3.8) is 0 Å². The number of thioether (sulfide) groups is 1. The van der Waals surface area contributed by atoms with E-state index in [2.05, 4.69) is 0 Å². The monoisotopic (exact) mass is 298 g/mol. The van der Waals surface area contributed by atoms with Gasteiger partial charge in [-0.15, -0.1) is 11.8 Å². The maximum Gasteiger partial charge on any atom is 0.0707 e. The van der Waals surface area contributed by atoms with Crippen LogP contribution in [0.4, 0.5) is 0 Å². The Labute approximate surface area is 121 Å². The summed E-state index contributed by atoms with van der Waals surface area (Å²) in [6, 6.07) is 13.4. The number of aliphatic hydroxyl groups is 1. The molecular formula is C14H12Cl2OS. The molecule has 0 saturated carbocycles. The van der Waals surface area contributed by atoms with Gasteiger partial charge in [0.15, 0.2) is 0 Å². The topological polar surface area (TPSA) is 20.2 Å². The van der Waals surface area contributed by atoms with Crippen LogP contribution in [-0.2, 0) is 12.4 Å². The van der Waals surface area contributed by atoms with Crippen LogP contribution in [0.5, 0.6) is 0 Å². The zero-order chi connectivity index (χ0) is 13.0. The van der Waals surface area contributed by atoms with Crippen molar-refractivity contribution in [2.75, 3.05) is 0 Å². The van der Waals surface area contributed by atoms with E-state index in [1.165, 1.54) is 0 Å². The van der Waals surface area contributed by atoms with Gasteiger partial charge in [0.1, 0.15) is 0 Å². The maximum absolute atomic E-state index is 9.33. The van der Waals surface area contributed by atoms with Gasteiger partial charge >= 0.3 is 0 Å². The summed E-state index contributed by atoms with van der Waals surface area (Å²) in [7, 11) is 0. The number of aliphatic hydroxyl groups excluding tert-OH is 1. The van der Waals surface area contributed by atoms with Crippen molar-refractivity contribution in [3.05, 3.63) is 63.6 Å². The minimum Gasteiger partial charge on any atom is -0.392 e. The van der Waals surface area contributed by atoms with Gasteiger partial charge in [-0.2, -0.15) is 0 Å². The van der Waals surface area contributed by atoms with E-state index in [1.807, 2.05) is 36.4 Å². The molecule has 0 bridgehead atoms. The van der Waals surface area contributed by atoms with Crippen LogP contribution in [0.25, 0.3) is 0 Å². The van der Waals surface area contributed by atoms with E-state index in [0.717, 1.165) is 26.8 Å². The van der Waals surface area contributed by atoms with Crippen molar-refractivity contribution >= 4 is 35.0 Å². The summed E-state index contributed by atoms with van der Waals surface area (Å²) in [5.74, 6) is 0.757. The van der Waals surface area contributed by atoms with Crippen molar-refractivity contribution in [1.29, 1.82) is 0 Å². The van der Waals surface area contributed by atoms with Crippen LogP contribution in [0.2, 0.25) is 10.0 Å². The summed E-state index contributed by atoms with van der Waals surface area (Å²) in [6.07, 6.45) is 0. The molecule has 0 fully saturated rings. The van der Waals surface area contributed by atoms with Gasteiger partial charge in [0, 0.05) is 26.3 Å². The highest BCUT2D eigenvalue weighted by Crippen LogP contribution is 2.32. The lowest BCUT2D eigenvalue weighted by Gasteiger charge is -2.09. The lowest BCUT2D eigenvalue weighted by molar-refractivity contribution is 0.279. The highest BCUT2D eigenvalue weighted by molar-refractivity contribution is 7.98. The Kier molecular flexibility index (Phi) is 4.95. The number of hydrogen-bond donors (Lipinski definition) is 1. The van der Waals surface area contributed by atoms with Crippen molar-refractivity contribution in [2.45, 2.75) is 17.3 Å². The molecule has 1 nitrogen and oxygen atoms in total. The molecule has 0 aliphatic carbocycles. The van der Waals surface area contributed by atoms with Gasteiger partial charge in [0.05, 0.1) is 6.61 Å². The lowest BCUT2D eigenvalue weighted by atomic mass is 10.2. The number of benzene rings is 2. The molecule has 94 valence electrons. The molecule has 2 aromatic rings. The molecule has 0 radical (unpaired) electrons. The van der Waals surface area contributed by atoms with Gasteiger partial charge in [-0.25, -0.2) is 0 Å². The van der Waals surface area contributed by atoms with Crippen LogP contribution in [0.1, 0.15) is 11.1 Å². The van der Waals surface area contributed by atoms with Crippen molar-refractivity contribution in [1.82, 2.24) is 0 Å². The predicted octanol–water partition coefficient (Wildman–Crippen LogP) is 4.78. The van der Waals surface area contributed by atoms with Gasteiger partial charge < -0.3 is 5.11 Å². The van der Waals surface area contributed by atoms with Crippen molar-refractivity contribution in [2.24, 2.45) is 0 Å². The highest BCUT2D eigenvalue weighted by Gasteiger charge is 2.07. The van der Waals surface area contributed by atoms with Gasteiger partial charge in [-0.1, -0.05) is 47.5 Å². The van der Waals surface area contributed by atoms with E-state index in [4.69, 9.17) is 23.2 Å². The second-order valence-electron chi connectivity index (χ2n) is 3.75. The molecule has 0 spiro atoms. The predicted molar refractivity (Wildman–Crippen MR) is 78.4 cm³/mol. The largest absolute Gasteiger partial charge is 0.392 e. The third kappa shape index (κ3) is 3.21. The smallest absolute Gasteiger partial charge is 0.0707 e. The van der Waals surface area contributed by atoms with Crippen LogP contribution in [0.15, 0.2) is 47.4 Å². The molecule has 4 heteroatoms. The molecule has 18 heavy (non-hydrogen) atoms. The SMILES string of the molecule is OCc1c(Cl)cccc1SCc1ccccc1Cl. The van der Waals surface area contributed by atoms with Crippen molar-refractivity contribution in [3.8, 4) is 0 Å². The Morgan fingerprint density at radius 1 is 0.944 bits per heavy atom. The third-order valence-electron chi connectivity index (χ3n) is 2.57. The van der Waals surface area contributed by atoms with Crippen LogP contribution in [0.3, 0.4) is 0 Å². The lowest BCUT2D eigenvalue weighted by Crippen LogP contribution is -1.90. The summed E-state index contributed by atoms with van der Waals surface area (Å²) >= 11 is 13.8. The summed E-state index contributed by atoms with van der Waals surface area (Å²) in [4.78, 5) is 0.991. The molecule has 0 unspecified atom stereocenters. The van der Waals surface area contributed by atoms with E-state index in [-0.39, 0.29) is 6.61 Å². The second-order valence-corrected chi connectivity index (χ2v) is 5.59. The average molecular weight is 299 g/mol. The molecule has 1 N–H and O–H groups in total. The van der Waals surface area contributed by atoms with Gasteiger partial charge in [-0.3, -0.25) is 0 Å². The Morgan fingerprint density at radius 2 is 1.67 bits per heavy atom. The van der Waals surface area contributed by atoms with E-state index < -0.39 is 0 Å². The number of halogens is 2. The fourth-order valence-electron chi connectivity index (χ4n) is 1.60. The van der Waals surface area contributed by atoms with Gasteiger partial charge in [0.25, 0.3) is 0 Å². The second kappa shape index (κ2) is 6.48. The summed E-state index contributed by atoms with van der Waals surface area (Å²) in [6.45, 7) is -0.0511. The normalized spacial score (nSPS) is 10.6. The van der Waals surface area contributed by atoms with Crippen LogP contribution >= 0.6 is 35.0 Å². The average Bonchev–Trinajstić information content (AvgIpc) is 2.38. The zero-order valence-corrected chi connectivity index (χ0v) is 11.9. The Hall–Kier alpha value is -0.670. The zero-order valence-electron chi connectivity index (χ0n) is 9.57. The fraction of sp³-hybridized carbons (Fsp3) is 0.143. The molecule has 2 rings (SSSR count). The summed E-state index contributed by atoms with van der Waals surface area (Å²) in [5, 5.41) is 10.7. The summed E-state index contributed by atoms with van der Waals surface area (Å²) in [5.41, 5.74) is 1.85. The Morgan fingerprint density at radius 3 is 2.39 bits per heavy atom. The fourth-order valence-corrected chi connectivity index (χ4v) is 3.26. The Balaban J connectivity index is 2.16. The minimum absolute atomic E-state index is 0.0511. The van der Waals surface area contributed by atoms with E-state index >= 15 is 0 Å². The molecule has 0 aromatic heterocycles. The minimum atomic E-state index is -0.0511. The van der Waals surface area contributed by atoms with Crippen molar-refractivity contribution < 1.29 is 5.11 Å². The first-order chi connectivity index (χ1) is 8.72. The van der Waals surface area contributed by atoms with E-state index in [9.17, 15) is 5.11 Å². The molecule has 0 heterocycles. The van der Waals surface area contributed by atoms with Crippen LogP contribution < -0.4 is 0 Å². The first kappa shape index (κ1) is 13.8. The van der Waals surface area contributed by atoms with Crippen LogP contribution in [0, 0.1) is 0 Å². The Bertz CT molecular complexity index is 543. The van der Waals surface area contributed by atoms with Gasteiger partial charge in [0.2, 0.25) is 0 Å². The van der Waals surface area contributed by atoms with E-state index in [1.54, 1.807) is 17.8 Å².